The van der Waals surface area contributed by atoms with Crippen LogP contribution in [0.4, 0.5) is 0 Å². The van der Waals surface area contributed by atoms with Gasteiger partial charge in [0.15, 0.2) is 0 Å². The fourth-order valence-corrected chi connectivity index (χ4v) is 1.98. The molecule has 21 heavy (non-hydrogen) atoms. The quantitative estimate of drug-likeness (QED) is 0.821. The van der Waals surface area contributed by atoms with Gasteiger partial charge in [0.25, 0.3) is 0 Å². The minimum Gasteiger partial charge on any atom is -0.438 e. The number of nitrogens with one attached hydrogen (secondary N) is 1. The van der Waals surface area contributed by atoms with Crippen molar-refractivity contribution < 1.29 is 9.84 Å². The van der Waals surface area contributed by atoms with Crippen molar-refractivity contribution in [3.63, 3.8) is 0 Å². The number of hydrogen-bond acceptors (Lipinski definition) is 4. The zero-order valence-corrected chi connectivity index (χ0v) is 12.5. The molecule has 0 amide bonds. The SMILES string of the molecule is CC(C)CNCc1cccnc1Oc1ccccc1CO. The van der Waals surface area contributed by atoms with Crippen LogP contribution in [-0.4, -0.2) is 16.6 Å². The summed E-state index contributed by atoms with van der Waals surface area (Å²) in [5, 5.41) is 12.7. The number of nitrogens with zero attached hydrogens (tertiary/aromatic N) is 1. The Labute approximate surface area is 125 Å². The van der Waals surface area contributed by atoms with Gasteiger partial charge >= 0.3 is 0 Å². The first-order chi connectivity index (χ1) is 10.2. The number of aliphatic hydroxyl groups is 1. The van der Waals surface area contributed by atoms with E-state index in [0.29, 0.717) is 24.1 Å². The van der Waals surface area contributed by atoms with Crippen molar-refractivity contribution in [1.29, 1.82) is 0 Å². The number of hydrogen-bond donors (Lipinski definition) is 2. The Balaban J connectivity index is 2.12. The van der Waals surface area contributed by atoms with Crippen molar-refractivity contribution in [1.82, 2.24) is 10.3 Å². The molecule has 1 heterocycles. The highest BCUT2D eigenvalue weighted by atomic mass is 16.5. The third-order valence-electron chi connectivity index (χ3n) is 3.07. The monoisotopic (exact) mass is 286 g/mol. The van der Waals surface area contributed by atoms with E-state index in [4.69, 9.17) is 4.74 Å². The largest absolute Gasteiger partial charge is 0.438 e. The Bertz CT molecular complexity index is 570. The molecule has 0 fully saturated rings. The maximum Gasteiger partial charge on any atom is 0.223 e. The van der Waals surface area contributed by atoms with Crippen LogP contribution in [0.3, 0.4) is 0 Å². The van der Waals surface area contributed by atoms with Gasteiger partial charge in [0.05, 0.1) is 6.61 Å². The van der Waals surface area contributed by atoms with E-state index < -0.39 is 0 Å². The van der Waals surface area contributed by atoms with Gasteiger partial charge in [-0.3, -0.25) is 0 Å². The number of aromatic nitrogens is 1. The van der Waals surface area contributed by atoms with Crippen LogP contribution in [0.25, 0.3) is 0 Å². The normalized spacial score (nSPS) is 10.9. The molecule has 0 aliphatic rings. The summed E-state index contributed by atoms with van der Waals surface area (Å²) in [6.07, 6.45) is 1.71. The number of para-hydroxylation sites is 1. The predicted molar refractivity (Wildman–Crippen MR) is 83.2 cm³/mol. The molecular weight excluding hydrogens is 264 g/mol. The van der Waals surface area contributed by atoms with E-state index in [2.05, 4.69) is 24.1 Å². The molecule has 4 heteroatoms. The molecule has 4 nitrogen and oxygen atoms in total. The first-order valence-electron chi connectivity index (χ1n) is 7.22. The van der Waals surface area contributed by atoms with Gasteiger partial charge in [-0.15, -0.1) is 0 Å². The highest BCUT2D eigenvalue weighted by Crippen LogP contribution is 2.26. The topological polar surface area (TPSA) is 54.4 Å². The smallest absolute Gasteiger partial charge is 0.223 e. The van der Waals surface area contributed by atoms with Crippen LogP contribution in [0.5, 0.6) is 11.6 Å². The molecule has 0 saturated heterocycles. The number of pyridine rings is 1. The summed E-state index contributed by atoms with van der Waals surface area (Å²) >= 11 is 0. The van der Waals surface area contributed by atoms with E-state index in [1.807, 2.05) is 36.4 Å². The maximum absolute atomic E-state index is 9.36. The Hall–Kier alpha value is -1.91. The zero-order chi connectivity index (χ0) is 15.1. The third-order valence-corrected chi connectivity index (χ3v) is 3.07. The number of rotatable bonds is 7. The molecule has 0 atom stereocenters. The summed E-state index contributed by atoms with van der Waals surface area (Å²) in [4.78, 5) is 4.30. The van der Waals surface area contributed by atoms with Crippen molar-refractivity contribution >= 4 is 0 Å². The molecule has 1 aromatic heterocycles. The lowest BCUT2D eigenvalue weighted by molar-refractivity contribution is 0.276. The summed E-state index contributed by atoms with van der Waals surface area (Å²) in [5.74, 6) is 1.82. The van der Waals surface area contributed by atoms with E-state index in [0.717, 1.165) is 17.7 Å². The second-order valence-corrected chi connectivity index (χ2v) is 5.36. The summed E-state index contributed by atoms with van der Waals surface area (Å²) in [6, 6.07) is 11.3. The van der Waals surface area contributed by atoms with E-state index in [9.17, 15) is 5.11 Å². The highest BCUT2D eigenvalue weighted by Gasteiger charge is 2.09. The summed E-state index contributed by atoms with van der Waals surface area (Å²) in [7, 11) is 0. The molecule has 2 aromatic rings. The van der Waals surface area contributed by atoms with Gasteiger partial charge in [0, 0.05) is 23.9 Å². The number of ether oxygens (including phenoxy) is 1. The summed E-state index contributed by atoms with van der Waals surface area (Å²) < 4.78 is 5.88. The molecule has 2 rings (SSSR count). The van der Waals surface area contributed by atoms with Crippen molar-refractivity contribution in [2.75, 3.05) is 6.54 Å². The van der Waals surface area contributed by atoms with E-state index in [-0.39, 0.29) is 6.61 Å². The summed E-state index contributed by atoms with van der Waals surface area (Å²) in [5.41, 5.74) is 1.76. The van der Waals surface area contributed by atoms with Gasteiger partial charge in [-0.25, -0.2) is 4.98 Å². The Morgan fingerprint density at radius 2 is 1.90 bits per heavy atom. The van der Waals surface area contributed by atoms with Gasteiger partial charge in [0.2, 0.25) is 5.88 Å². The zero-order valence-electron chi connectivity index (χ0n) is 12.5. The van der Waals surface area contributed by atoms with Crippen LogP contribution >= 0.6 is 0 Å². The molecule has 0 bridgehead atoms. The second kappa shape index (κ2) is 7.76. The van der Waals surface area contributed by atoms with Crippen LogP contribution < -0.4 is 10.1 Å². The lowest BCUT2D eigenvalue weighted by atomic mass is 10.2. The molecule has 0 unspecified atom stereocenters. The number of benzene rings is 1. The average Bonchev–Trinajstić information content (AvgIpc) is 2.49. The van der Waals surface area contributed by atoms with Crippen LogP contribution in [0, 0.1) is 5.92 Å². The average molecular weight is 286 g/mol. The minimum atomic E-state index is -0.0516. The minimum absolute atomic E-state index is 0.0516. The highest BCUT2D eigenvalue weighted by molar-refractivity contribution is 5.37. The standard InChI is InChI=1S/C17H22N2O2/c1-13(2)10-18-11-14-7-5-9-19-17(14)21-16-8-4-3-6-15(16)12-20/h3-9,13,18,20H,10-12H2,1-2H3. The van der Waals surface area contributed by atoms with Crippen molar-refractivity contribution in [3.05, 3.63) is 53.7 Å². The molecular formula is C17H22N2O2. The summed E-state index contributed by atoms with van der Waals surface area (Å²) in [6.45, 7) is 5.95. The Morgan fingerprint density at radius 3 is 2.67 bits per heavy atom. The van der Waals surface area contributed by atoms with Gasteiger partial charge in [0.1, 0.15) is 5.75 Å². The van der Waals surface area contributed by atoms with Gasteiger partial charge in [-0.2, -0.15) is 0 Å². The van der Waals surface area contributed by atoms with Crippen molar-refractivity contribution in [2.45, 2.75) is 27.0 Å². The third kappa shape index (κ3) is 4.55. The van der Waals surface area contributed by atoms with E-state index >= 15 is 0 Å². The molecule has 0 saturated carbocycles. The molecule has 0 radical (unpaired) electrons. The van der Waals surface area contributed by atoms with Gasteiger partial charge < -0.3 is 15.2 Å². The van der Waals surface area contributed by atoms with Crippen LogP contribution in [0.1, 0.15) is 25.0 Å². The van der Waals surface area contributed by atoms with Crippen LogP contribution in [0.2, 0.25) is 0 Å². The van der Waals surface area contributed by atoms with Crippen LogP contribution in [0.15, 0.2) is 42.6 Å². The molecule has 1 aromatic carbocycles. The van der Waals surface area contributed by atoms with Crippen molar-refractivity contribution in [3.8, 4) is 11.6 Å². The second-order valence-electron chi connectivity index (χ2n) is 5.36. The predicted octanol–water partition coefficient (Wildman–Crippen LogP) is 3.11. The molecule has 0 aliphatic heterocycles. The van der Waals surface area contributed by atoms with Gasteiger partial charge in [-0.05, 0) is 24.6 Å². The first-order valence-corrected chi connectivity index (χ1v) is 7.22. The number of aliphatic hydroxyl groups excluding tert-OH is 1. The molecule has 2 N–H and O–H groups in total. The molecule has 0 spiro atoms. The fourth-order valence-electron chi connectivity index (χ4n) is 1.98. The fraction of sp³-hybridized carbons (Fsp3) is 0.353. The lowest BCUT2D eigenvalue weighted by Gasteiger charge is -2.13. The van der Waals surface area contributed by atoms with Crippen molar-refractivity contribution in [2.24, 2.45) is 5.92 Å². The first kappa shape index (κ1) is 15.5. The van der Waals surface area contributed by atoms with E-state index in [1.165, 1.54) is 0 Å². The maximum atomic E-state index is 9.36. The lowest BCUT2D eigenvalue weighted by Crippen LogP contribution is -2.19. The van der Waals surface area contributed by atoms with Gasteiger partial charge in [-0.1, -0.05) is 38.1 Å². The van der Waals surface area contributed by atoms with Crippen LogP contribution in [-0.2, 0) is 13.2 Å². The Morgan fingerprint density at radius 1 is 1.14 bits per heavy atom. The Kier molecular flexibility index (Phi) is 5.72. The van der Waals surface area contributed by atoms with E-state index in [1.54, 1.807) is 6.20 Å². The molecule has 112 valence electrons. The molecule has 0 aliphatic carbocycles.